The highest BCUT2D eigenvalue weighted by molar-refractivity contribution is 7.92. The fourth-order valence-corrected chi connectivity index (χ4v) is 2.19. The minimum absolute atomic E-state index is 0.410. The molecule has 1 rings (SSSR count). The molecule has 16 heavy (non-hydrogen) atoms. The Bertz CT molecular complexity index is 458. The molecule has 1 heterocycles. The molecule has 0 unspecified atom stereocenters. The molecule has 0 atom stereocenters. The number of hydrogen-bond donors (Lipinski definition) is 1. The minimum Gasteiger partial charge on any atom is -0.481 e. The molecular weight excluding hydrogens is 232 g/mol. The van der Waals surface area contributed by atoms with E-state index in [4.69, 9.17) is 5.11 Å². The van der Waals surface area contributed by atoms with Gasteiger partial charge in [0.25, 0.3) is 0 Å². The van der Waals surface area contributed by atoms with Crippen LogP contribution in [-0.2, 0) is 14.8 Å². The zero-order chi connectivity index (χ0) is 12.2. The van der Waals surface area contributed by atoms with Crippen LogP contribution in [0.4, 0.5) is 5.69 Å². The Balaban J connectivity index is 2.81. The van der Waals surface area contributed by atoms with E-state index in [1.807, 2.05) is 0 Å². The van der Waals surface area contributed by atoms with E-state index >= 15 is 0 Å². The first-order valence-electron chi connectivity index (χ1n) is 4.52. The Morgan fingerprint density at radius 3 is 2.75 bits per heavy atom. The number of rotatable bonds is 5. The minimum atomic E-state index is -3.60. The molecule has 0 bridgehead atoms. The van der Waals surface area contributed by atoms with Gasteiger partial charge in [0, 0.05) is 13.2 Å². The van der Waals surface area contributed by atoms with Crippen LogP contribution in [0.25, 0.3) is 0 Å². The predicted molar refractivity (Wildman–Crippen MR) is 58.7 cm³/mol. The maximum atomic E-state index is 11.7. The number of nitrogens with zero attached hydrogens (tertiary/aromatic N) is 2. The molecule has 0 aliphatic carbocycles. The lowest BCUT2D eigenvalue weighted by atomic mass is 10.4. The topological polar surface area (TPSA) is 87.6 Å². The molecule has 88 valence electrons. The standard InChI is InChI=1S/C9H12N2O4S/c1-11(8-3-2-5-10-7-8)16(14,15)6-4-9(12)13/h2-3,5,7H,4,6H2,1H3,(H,12,13). The third-order valence-corrected chi connectivity index (χ3v) is 3.77. The Morgan fingerprint density at radius 2 is 2.25 bits per heavy atom. The summed E-state index contributed by atoms with van der Waals surface area (Å²) in [4.78, 5) is 14.1. The van der Waals surface area contributed by atoms with E-state index in [2.05, 4.69) is 4.98 Å². The van der Waals surface area contributed by atoms with Gasteiger partial charge in [-0.15, -0.1) is 0 Å². The quantitative estimate of drug-likeness (QED) is 0.806. The molecule has 0 aromatic carbocycles. The average Bonchev–Trinajstić information content (AvgIpc) is 2.27. The first-order valence-corrected chi connectivity index (χ1v) is 6.13. The van der Waals surface area contributed by atoms with Gasteiger partial charge < -0.3 is 5.11 Å². The predicted octanol–water partition coefficient (Wildman–Crippen LogP) is 0.322. The number of aromatic nitrogens is 1. The van der Waals surface area contributed by atoms with Gasteiger partial charge in [0.2, 0.25) is 10.0 Å². The highest BCUT2D eigenvalue weighted by atomic mass is 32.2. The van der Waals surface area contributed by atoms with Crippen LogP contribution < -0.4 is 4.31 Å². The highest BCUT2D eigenvalue weighted by Gasteiger charge is 2.19. The molecular formula is C9H12N2O4S. The van der Waals surface area contributed by atoms with Crippen LogP contribution in [0, 0.1) is 0 Å². The maximum Gasteiger partial charge on any atom is 0.304 e. The molecule has 1 aromatic rings. The van der Waals surface area contributed by atoms with Gasteiger partial charge in [0.1, 0.15) is 0 Å². The summed E-state index contributed by atoms with van der Waals surface area (Å²) in [6.07, 6.45) is 2.52. The van der Waals surface area contributed by atoms with Gasteiger partial charge in [-0.1, -0.05) is 0 Å². The summed E-state index contributed by atoms with van der Waals surface area (Å²) in [7, 11) is -2.23. The van der Waals surface area contributed by atoms with Crippen LogP contribution >= 0.6 is 0 Å². The highest BCUT2D eigenvalue weighted by Crippen LogP contribution is 2.14. The average molecular weight is 244 g/mol. The second kappa shape index (κ2) is 4.93. The Morgan fingerprint density at radius 1 is 1.56 bits per heavy atom. The summed E-state index contributed by atoms with van der Waals surface area (Å²) in [6, 6.07) is 3.20. The summed E-state index contributed by atoms with van der Waals surface area (Å²) in [6.45, 7) is 0. The van der Waals surface area contributed by atoms with Crippen LogP contribution in [0.3, 0.4) is 0 Å². The van der Waals surface area contributed by atoms with Gasteiger partial charge in [-0.25, -0.2) is 8.42 Å². The molecule has 1 aromatic heterocycles. The van der Waals surface area contributed by atoms with Crippen molar-refractivity contribution in [1.82, 2.24) is 4.98 Å². The second-order valence-corrected chi connectivity index (χ2v) is 5.26. The number of carbonyl (C=O) groups is 1. The number of carboxylic acid groups (broad SMARTS) is 1. The normalized spacial score (nSPS) is 11.1. The fourth-order valence-electron chi connectivity index (χ4n) is 1.05. The van der Waals surface area contributed by atoms with E-state index in [1.165, 1.54) is 19.4 Å². The van der Waals surface area contributed by atoms with Crippen LogP contribution in [-0.4, -0.2) is 37.3 Å². The van der Waals surface area contributed by atoms with Crippen molar-refractivity contribution in [2.24, 2.45) is 0 Å². The summed E-state index contributed by atoms with van der Waals surface area (Å²) in [5, 5.41) is 8.43. The second-order valence-electron chi connectivity index (χ2n) is 3.14. The van der Waals surface area contributed by atoms with Crippen molar-refractivity contribution in [3.63, 3.8) is 0 Å². The van der Waals surface area contributed by atoms with Gasteiger partial charge in [0.15, 0.2) is 0 Å². The summed E-state index contributed by atoms with van der Waals surface area (Å²) in [5.74, 6) is -1.56. The van der Waals surface area contributed by atoms with E-state index in [-0.39, 0.29) is 0 Å². The monoisotopic (exact) mass is 244 g/mol. The summed E-state index contributed by atoms with van der Waals surface area (Å²) in [5.41, 5.74) is 0.410. The molecule has 0 spiro atoms. The first-order chi connectivity index (χ1) is 7.43. The molecule has 0 amide bonds. The fraction of sp³-hybridized carbons (Fsp3) is 0.333. The zero-order valence-corrected chi connectivity index (χ0v) is 9.51. The third kappa shape index (κ3) is 3.20. The van der Waals surface area contributed by atoms with Gasteiger partial charge >= 0.3 is 5.97 Å². The van der Waals surface area contributed by atoms with Crippen LogP contribution in [0.5, 0.6) is 0 Å². The molecule has 0 fully saturated rings. The van der Waals surface area contributed by atoms with E-state index in [0.29, 0.717) is 5.69 Å². The van der Waals surface area contributed by atoms with Gasteiger partial charge in [0.05, 0.1) is 24.1 Å². The number of sulfonamides is 1. The SMILES string of the molecule is CN(c1cccnc1)S(=O)(=O)CCC(=O)O. The van der Waals surface area contributed by atoms with Gasteiger partial charge in [-0.2, -0.15) is 0 Å². The molecule has 0 saturated heterocycles. The van der Waals surface area contributed by atoms with Gasteiger partial charge in [-0.05, 0) is 12.1 Å². The van der Waals surface area contributed by atoms with Crippen molar-refractivity contribution in [3.8, 4) is 0 Å². The molecule has 1 N–H and O–H groups in total. The molecule has 6 nitrogen and oxygen atoms in total. The number of pyridine rings is 1. The van der Waals surface area contributed by atoms with Crippen molar-refractivity contribution >= 4 is 21.7 Å². The number of hydrogen-bond acceptors (Lipinski definition) is 4. The number of aliphatic carboxylic acids is 1. The molecule has 7 heteroatoms. The third-order valence-electron chi connectivity index (χ3n) is 2.00. The Hall–Kier alpha value is -1.63. The molecule has 0 aliphatic heterocycles. The first kappa shape index (κ1) is 12.4. The lowest BCUT2D eigenvalue weighted by Gasteiger charge is -2.18. The van der Waals surface area contributed by atoms with Crippen molar-refractivity contribution in [3.05, 3.63) is 24.5 Å². The van der Waals surface area contributed by atoms with Crippen molar-refractivity contribution in [2.45, 2.75) is 6.42 Å². The number of carboxylic acids is 1. The van der Waals surface area contributed by atoms with E-state index < -0.39 is 28.2 Å². The van der Waals surface area contributed by atoms with E-state index in [9.17, 15) is 13.2 Å². The lowest BCUT2D eigenvalue weighted by Crippen LogP contribution is -2.29. The molecule has 0 radical (unpaired) electrons. The van der Waals surface area contributed by atoms with Crippen molar-refractivity contribution < 1.29 is 18.3 Å². The lowest BCUT2D eigenvalue weighted by molar-refractivity contribution is -0.136. The van der Waals surface area contributed by atoms with Crippen molar-refractivity contribution in [2.75, 3.05) is 17.1 Å². The zero-order valence-electron chi connectivity index (χ0n) is 8.70. The molecule has 0 saturated carbocycles. The summed E-state index contributed by atoms with van der Waals surface area (Å²) < 4.78 is 24.4. The largest absolute Gasteiger partial charge is 0.481 e. The van der Waals surface area contributed by atoms with E-state index in [1.54, 1.807) is 12.1 Å². The van der Waals surface area contributed by atoms with Gasteiger partial charge in [-0.3, -0.25) is 14.1 Å². The Labute approximate surface area is 93.6 Å². The molecule has 0 aliphatic rings. The van der Waals surface area contributed by atoms with Crippen LogP contribution in [0.15, 0.2) is 24.5 Å². The number of anilines is 1. The maximum absolute atomic E-state index is 11.7. The summed E-state index contributed by atoms with van der Waals surface area (Å²) >= 11 is 0. The Kier molecular flexibility index (Phi) is 3.83. The van der Waals surface area contributed by atoms with Crippen LogP contribution in [0.2, 0.25) is 0 Å². The smallest absolute Gasteiger partial charge is 0.304 e. The van der Waals surface area contributed by atoms with Crippen molar-refractivity contribution in [1.29, 1.82) is 0 Å². The van der Waals surface area contributed by atoms with E-state index in [0.717, 1.165) is 4.31 Å². The van der Waals surface area contributed by atoms with Crippen LogP contribution in [0.1, 0.15) is 6.42 Å².